The lowest BCUT2D eigenvalue weighted by molar-refractivity contribution is 0.580. The summed E-state index contributed by atoms with van der Waals surface area (Å²) in [5.41, 5.74) is 7.71. The van der Waals surface area contributed by atoms with Crippen molar-refractivity contribution in [2.75, 3.05) is 5.73 Å². The van der Waals surface area contributed by atoms with Gasteiger partial charge in [0.2, 0.25) is 10.0 Å². The summed E-state index contributed by atoms with van der Waals surface area (Å²) in [7, 11) is -3.61. The van der Waals surface area contributed by atoms with E-state index in [1.165, 1.54) is 12.1 Å². The maximum Gasteiger partial charge on any atom is 0.240 e. The molecule has 0 saturated heterocycles. The van der Waals surface area contributed by atoms with Crippen LogP contribution in [0.2, 0.25) is 0 Å². The van der Waals surface area contributed by atoms with E-state index in [2.05, 4.69) is 25.6 Å². The fourth-order valence-electron chi connectivity index (χ4n) is 1.64. The molecule has 2 aromatic rings. The van der Waals surface area contributed by atoms with Gasteiger partial charge in [0, 0.05) is 16.4 Å². The van der Waals surface area contributed by atoms with Gasteiger partial charge in [-0.1, -0.05) is 6.07 Å². The first-order chi connectivity index (χ1) is 9.40. The molecular formula is C13H14BrN3O2S. The largest absolute Gasteiger partial charge is 0.398 e. The Kier molecular flexibility index (Phi) is 4.42. The van der Waals surface area contributed by atoms with Gasteiger partial charge in [-0.15, -0.1) is 0 Å². The molecule has 1 aromatic heterocycles. The van der Waals surface area contributed by atoms with Crippen LogP contribution in [-0.2, 0) is 16.6 Å². The van der Waals surface area contributed by atoms with Crippen LogP contribution in [0.15, 0.2) is 45.9 Å². The molecule has 0 aliphatic carbocycles. The zero-order valence-corrected chi connectivity index (χ0v) is 13.2. The Hall–Kier alpha value is -1.44. The summed E-state index contributed by atoms with van der Waals surface area (Å²) in [5.74, 6) is 0. The highest BCUT2D eigenvalue weighted by atomic mass is 79.9. The van der Waals surface area contributed by atoms with E-state index < -0.39 is 10.0 Å². The van der Waals surface area contributed by atoms with Gasteiger partial charge in [-0.3, -0.25) is 4.98 Å². The average Bonchev–Trinajstić information content (AvgIpc) is 2.41. The average molecular weight is 356 g/mol. The van der Waals surface area contributed by atoms with Crippen molar-refractivity contribution < 1.29 is 8.42 Å². The Labute approximate surface area is 126 Å². The lowest BCUT2D eigenvalue weighted by Gasteiger charge is -2.09. The number of nitrogens with one attached hydrogen (secondary N) is 1. The van der Waals surface area contributed by atoms with Crippen LogP contribution in [0.3, 0.4) is 0 Å². The van der Waals surface area contributed by atoms with E-state index in [-0.39, 0.29) is 11.4 Å². The Morgan fingerprint density at radius 1 is 1.35 bits per heavy atom. The molecule has 0 aliphatic heterocycles. The van der Waals surface area contributed by atoms with Crippen molar-refractivity contribution in [3.8, 4) is 0 Å². The van der Waals surface area contributed by atoms with E-state index in [1.807, 2.05) is 19.1 Å². The van der Waals surface area contributed by atoms with Crippen molar-refractivity contribution >= 4 is 31.6 Å². The highest BCUT2D eigenvalue weighted by Crippen LogP contribution is 2.22. The Morgan fingerprint density at radius 3 is 2.75 bits per heavy atom. The van der Waals surface area contributed by atoms with Gasteiger partial charge < -0.3 is 5.73 Å². The minimum absolute atomic E-state index is 0.131. The third-order valence-electron chi connectivity index (χ3n) is 2.83. The van der Waals surface area contributed by atoms with E-state index in [0.717, 1.165) is 5.56 Å². The van der Waals surface area contributed by atoms with E-state index in [9.17, 15) is 8.42 Å². The second kappa shape index (κ2) is 5.90. The number of nitrogens with two attached hydrogens (primary N) is 1. The van der Waals surface area contributed by atoms with Gasteiger partial charge in [-0.05, 0) is 52.7 Å². The summed E-state index contributed by atoms with van der Waals surface area (Å²) in [4.78, 5) is 4.28. The van der Waals surface area contributed by atoms with Gasteiger partial charge in [0.05, 0.1) is 17.1 Å². The van der Waals surface area contributed by atoms with Crippen LogP contribution in [-0.4, -0.2) is 13.4 Å². The molecule has 7 heteroatoms. The van der Waals surface area contributed by atoms with E-state index in [4.69, 9.17) is 5.73 Å². The third-order valence-corrected chi connectivity index (χ3v) is 4.95. The highest BCUT2D eigenvalue weighted by molar-refractivity contribution is 9.10. The van der Waals surface area contributed by atoms with Crippen LogP contribution in [0.5, 0.6) is 0 Å². The fourth-order valence-corrected chi connectivity index (χ4v) is 2.91. The van der Waals surface area contributed by atoms with Gasteiger partial charge in [-0.2, -0.15) is 0 Å². The molecule has 2 rings (SSSR count). The smallest absolute Gasteiger partial charge is 0.240 e. The Morgan fingerprint density at radius 2 is 2.10 bits per heavy atom. The maximum atomic E-state index is 12.2. The number of pyridine rings is 1. The normalized spacial score (nSPS) is 11.5. The maximum absolute atomic E-state index is 12.2. The Bertz CT molecular complexity index is 732. The molecule has 106 valence electrons. The SMILES string of the molecule is Cc1cccnc1CNS(=O)(=O)c1ccc(Br)c(N)c1. The number of benzene rings is 1. The van der Waals surface area contributed by atoms with E-state index >= 15 is 0 Å². The molecular weight excluding hydrogens is 342 g/mol. The van der Waals surface area contributed by atoms with Gasteiger partial charge in [0.1, 0.15) is 0 Å². The summed E-state index contributed by atoms with van der Waals surface area (Å²) in [6.07, 6.45) is 1.63. The molecule has 0 saturated carbocycles. The molecule has 1 aromatic carbocycles. The second-order valence-corrected chi connectivity index (χ2v) is 6.90. The monoisotopic (exact) mass is 355 g/mol. The molecule has 0 spiro atoms. The van der Waals surface area contributed by atoms with E-state index in [0.29, 0.717) is 15.9 Å². The molecule has 3 N–H and O–H groups in total. The zero-order valence-electron chi connectivity index (χ0n) is 10.8. The second-order valence-electron chi connectivity index (χ2n) is 4.27. The first kappa shape index (κ1) is 15.0. The van der Waals surface area contributed by atoms with Crippen LogP contribution in [0.4, 0.5) is 5.69 Å². The fraction of sp³-hybridized carbons (Fsp3) is 0.154. The van der Waals surface area contributed by atoms with Crippen molar-refractivity contribution in [2.45, 2.75) is 18.4 Å². The number of rotatable bonds is 4. The molecule has 0 amide bonds. The zero-order chi connectivity index (χ0) is 14.8. The van der Waals surface area contributed by atoms with Crippen molar-refractivity contribution in [2.24, 2.45) is 0 Å². The van der Waals surface area contributed by atoms with Gasteiger partial charge in [-0.25, -0.2) is 13.1 Å². The van der Waals surface area contributed by atoms with Crippen molar-refractivity contribution in [3.05, 3.63) is 52.3 Å². The first-order valence-electron chi connectivity index (χ1n) is 5.85. The molecule has 0 atom stereocenters. The molecule has 0 radical (unpaired) electrons. The molecule has 0 unspecified atom stereocenters. The van der Waals surface area contributed by atoms with Crippen LogP contribution >= 0.6 is 15.9 Å². The summed E-state index contributed by atoms with van der Waals surface area (Å²) in [6.45, 7) is 2.03. The number of hydrogen-bond acceptors (Lipinski definition) is 4. The minimum atomic E-state index is -3.61. The predicted molar refractivity (Wildman–Crippen MR) is 81.6 cm³/mol. The minimum Gasteiger partial charge on any atom is -0.398 e. The lowest BCUT2D eigenvalue weighted by Crippen LogP contribution is -2.24. The number of aryl methyl sites for hydroxylation is 1. The summed E-state index contributed by atoms with van der Waals surface area (Å²) in [6, 6.07) is 8.21. The van der Waals surface area contributed by atoms with Gasteiger partial charge in [0.15, 0.2) is 0 Å². The van der Waals surface area contributed by atoms with Crippen LogP contribution in [0, 0.1) is 6.92 Å². The number of sulfonamides is 1. The van der Waals surface area contributed by atoms with E-state index in [1.54, 1.807) is 12.3 Å². The molecule has 0 fully saturated rings. The molecule has 1 heterocycles. The quantitative estimate of drug-likeness (QED) is 0.823. The van der Waals surface area contributed by atoms with Crippen LogP contribution in [0.1, 0.15) is 11.3 Å². The standard InChI is InChI=1S/C13H14BrN3O2S/c1-9-3-2-6-16-13(9)8-17-20(18,19)10-4-5-11(14)12(15)7-10/h2-7,17H,8,15H2,1H3. The van der Waals surface area contributed by atoms with Crippen LogP contribution in [0.25, 0.3) is 0 Å². The number of nitrogens with zero attached hydrogens (tertiary/aromatic N) is 1. The summed E-state index contributed by atoms with van der Waals surface area (Å²) >= 11 is 3.23. The van der Waals surface area contributed by atoms with Crippen LogP contribution < -0.4 is 10.5 Å². The van der Waals surface area contributed by atoms with Crippen molar-refractivity contribution in [1.82, 2.24) is 9.71 Å². The number of hydrogen-bond donors (Lipinski definition) is 2. The summed E-state index contributed by atoms with van der Waals surface area (Å²) in [5, 5.41) is 0. The van der Waals surface area contributed by atoms with Crippen molar-refractivity contribution in [1.29, 1.82) is 0 Å². The van der Waals surface area contributed by atoms with Gasteiger partial charge in [0.25, 0.3) is 0 Å². The lowest BCUT2D eigenvalue weighted by atomic mass is 10.2. The number of anilines is 1. The topological polar surface area (TPSA) is 85.1 Å². The summed E-state index contributed by atoms with van der Waals surface area (Å²) < 4.78 is 27.5. The number of aromatic nitrogens is 1. The number of nitrogen functional groups attached to an aromatic ring is 1. The molecule has 5 nitrogen and oxygen atoms in total. The predicted octanol–water partition coefficient (Wildman–Crippen LogP) is 2.21. The highest BCUT2D eigenvalue weighted by Gasteiger charge is 2.15. The molecule has 0 aliphatic rings. The number of halogens is 1. The molecule has 20 heavy (non-hydrogen) atoms. The van der Waals surface area contributed by atoms with Crippen molar-refractivity contribution in [3.63, 3.8) is 0 Å². The Balaban J connectivity index is 2.19. The first-order valence-corrected chi connectivity index (χ1v) is 8.13. The third kappa shape index (κ3) is 3.36. The molecule has 0 bridgehead atoms. The van der Waals surface area contributed by atoms with Gasteiger partial charge >= 0.3 is 0 Å².